The Bertz CT molecular complexity index is 1620. The molecule has 0 spiro atoms. The summed E-state index contributed by atoms with van der Waals surface area (Å²) in [5.74, 6) is -0.0243. The molecule has 6 rings (SSSR count). The lowest BCUT2D eigenvalue weighted by atomic mass is 9.62. The highest BCUT2D eigenvalue weighted by molar-refractivity contribution is 6.40. The second-order valence-electron chi connectivity index (χ2n) is 10.4. The highest BCUT2D eigenvalue weighted by Crippen LogP contribution is 2.50. The van der Waals surface area contributed by atoms with E-state index in [4.69, 9.17) is 0 Å². The lowest BCUT2D eigenvalue weighted by molar-refractivity contribution is -0.111. The number of benzene rings is 3. The minimum absolute atomic E-state index is 0.0816. The number of aryl methyl sites for hydroxylation is 2. The van der Waals surface area contributed by atoms with Crippen LogP contribution in [0.2, 0.25) is 0 Å². The van der Waals surface area contributed by atoms with E-state index >= 15 is 0 Å². The molecule has 3 nitrogen and oxygen atoms in total. The topological polar surface area (TPSA) is 42.2 Å². The molecule has 1 aromatic heterocycles. The largest absolute Gasteiger partial charge is 0.506 e. The summed E-state index contributed by atoms with van der Waals surface area (Å²) in [6.45, 7) is 6.73. The smallest absolute Gasteiger partial charge is 0.201 e. The van der Waals surface area contributed by atoms with Crippen LogP contribution in [0.4, 0.5) is 0 Å². The Morgan fingerprint density at radius 1 is 0.972 bits per heavy atom. The average molecular weight is 474 g/mol. The van der Waals surface area contributed by atoms with Gasteiger partial charge in [-0.2, -0.15) is 0 Å². The van der Waals surface area contributed by atoms with Gasteiger partial charge >= 0.3 is 0 Å². The quantitative estimate of drug-likeness (QED) is 0.306. The predicted molar refractivity (Wildman–Crippen MR) is 148 cm³/mol. The zero-order chi connectivity index (χ0) is 25.0. The Morgan fingerprint density at radius 2 is 1.67 bits per heavy atom. The maximum Gasteiger partial charge on any atom is 0.201 e. The lowest BCUT2D eigenvalue weighted by Crippen LogP contribution is -2.32. The standard InChI is InChI=1S/C33H31NO2/c1-21-15-16-23-11-5-6-12-24(23)30(21)33(17-9-4-10-18-33)22(2)19-26-31(35)29(32(26)36)27-20-34(3)28-14-8-7-13-25(27)28/h5-8,11-16,19-20,35H,2,4,9-10,17-18H2,1,3H3/b26-19-. The van der Waals surface area contributed by atoms with Crippen LogP contribution in [0.1, 0.15) is 48.8 Å². The zero-order valence-electron chi connectivity index (χ0n) is 21.0. The number of aliphatic hydroxyl groups excluding tert-OH is 1. The normalized spacial score (nSPS) is 18.7. The molecule has 0 saturated heterocycles. The van der Waals surface area contributed by atoms with Crippen molar-refractivity contribution in [3.8, 4) is 0 Å². The lowest BCUT2D eigenvalue weighted by Gasteiger charge is -2.41. The molecule has 0 bridgehead atoms. The van der Waals surface area contributed by atoms with Gasteiger partial charge in [-0.3, -0.25) is 4.79 Å². The summed E-state index contributed by atoms with van der Waals surface area (Å²) in [6.07, 6.45) is 9.27. The molecule has 2 aliphatic carbocycles. The first-order valence-corrected chi connectivity index (χ1v) is 12.8. The van der Waals surface area contributed by atoms with E-state index in [1.165, 1.54) is 28.3 Å². The Labute approximate surface area is 212 Å². The van der Waals surface area contributed by atoms with E-state index in [0.717, 1.165) is 47.7 Å². The summed E-state index contributed by atoms with van der Waals surface area (Å²) < 4.78 is 2.00. The third kappa shape index (κ3) is 3.22. The van der Waals surface area contributed by atoms with Gasteiger partial charge in [0, 0.05) is 35.1 Å². The maximum absolute atomic E-state index is 13.4. The van der Waals surface area contributed by atoms with Crippen LogP contribution < -0.4 is 0 Å². The van der Waals surface area contributed by atoms with Crippen molar-refractivity contribution < 1.29 is 9.90 Å². The number of hydrogen-bond donors (Lipinski definition) is 1. The highest BCUT2D eigenvalue weighted by Gasteiger charge is 2.41. The summed E-state index contributed by atoms with van der Waals surface area (Å²) >= 11 is 0. The third-order valence-electron chi connectivity index (χ3n) is 8.39. The number of aromatic nitrogens is 1. The van der Waals surface area contributed by atoms with E-state index in [9.17, 15) is 9.90 Å². The first-order valence-electron chi connectivity index (χ1n) is 12.8. The first kappa shape index (κ1) is 22.6. The van der Waals surface area contributed by atoms with E-state index in [2.05, 4.69) is 49.9 Å². The zero-order valence-corrected chi connectivity index (χ0v) is 21.0. The van der Waals surface area contributed by atoms with E-state index < -0.39 is 0 Å². The molecule has 4 aromatic rings. The molecule has 2 aliphatic rings. The molecule has 0 atom stereocenters. The second-order valence-corrected chi connectivity index (χ2v) is 10.4. The molecule has 0 radical (unpaired) electrons. The molecule has 1 saturated carbocycles. The van der Waals surface area contributed by atoms with Crippen molar-refractivity contribution in [1.29, 1.82) is 0 Å². The van der Waals surface area contributed by atoms with Crippen LogP contribution in [0.15, 0.2) is 96.4 Å². The molecular formula is C33H31NO2. The van der Waals surface area contributed by atoms with Gasteiger partial charge in [-0.1, -0.05) is 80.4 Å². The summed E-state index contributed by atoms with van der Waals surface area (Å²) in [5, 5.41) is 14.6. The number of rotatable bonds is 4. The van der Waals surface area contributed by atoms with Crippen molar-refractivity contribution in [3.05, 3.63) is 113 Å². The molecular weight excluding hydrogens is 442 g/mol. The van der Waals surface area contributed by atoms with Gasteiger partial charge in [0.05, 0.1) is 11.1 Å². The van der Waals surface area contributed by atoms with Crippen molar-refractivity contribution >= 4 is 33.0 Å². The van der Waals surface area contributed by atoms with Crippen LogP contribution in [0, 0.1) is 6.92 Å². The Kier molecular flexibility index (Phi) is 5.26. The number of fused-ring (bicyclic) bond motifs is 2. The van der Waals surface area contributed by atoms with Crippen LogP contribution >= 0.6 is 0 Å². The van der Waals surface area contributed by atoms with Gasteiger partial charge in [-0.05, 0) is 59.4 Å². The number of Topliss-reactive ketones (excluding diaryl/α,β-unsaturated/α-hetero) is 1. The van der Waals surface area contributed by atoms with Crippen molar-refractivity contribution in [3.63, 3.8) is 0 Å². The van der Waals surface area contributed by atoms with Crippen molar-refractivity contribution in [2.45, 2.75) is 44.4 Å². The molecule has 1 fully saturated rings. The maximum atomic E-state index is 13.4. The van der Waals surface area contributed by atoms with Crippen LogP contribution in [0.25, 0.3) is 27.2 Å². The Balaban J connectivity index is 1.46. The predicted octanol–water partition coefficient (Wildman–Crippen LogP) is 7.88. The Hall–Kier alpha value is -3.85. The Morgan fingerprint density at radius 3 is 2.42 bits per heavy atom. The average Bonchev–Trinajstić information content (AvgIpc) is 3.23. The minimum atomic E-state index is -0.244. The SMILES string of the molecule is C=C(/C=C1\C(=O)C(c2cn(C)c3ccccc23)=C1O)C1(c2c(C)ccc3ccccc23)CCCCC1. The van der Waals surface area contributed by atoms with Gasteiger partial charge in [-0.15, -0.1) is 0 Å². The van der Waals surface area contributed by atoms with Crippen molar-refractivity contribution in [2.75, 3.05) is 0 Å². The third-order valence-corrected chi connectivity index (χ3v) is 8.39. The monoisotopic (exact) mass is 473 g/mol. The molecule has 1 heterocycles. The van der Waals surface area contributed by atoms with Gasteiger partial charge in [-0.25, -0.2) is 0 Å². The van der Waals surface area contributed by atoms with Crippen LogP contribution in [0.5, 0.6) is 0 Å². The van der Waals surface area contributed by atoms with E-state index in [0.29, 0.717) is 11.1 Å². The van der Waals surface area contributed by atoms with Gasteiger partial charge in [0.25, 0.3) is 0 Å². The number of allylic oxidation sites excluding steroid dienone is 4. The van der Waals surface area contributed by atoms with Crippen molar-refractivity contribution in [1.82, 2.24) is 4.57 Å². The molecule has 0 unspecified atom stereocenters. The molecule has 180 valence electrons. The minimum Gasteiger partial charge on any atom is -0.506 e. The number of ketones is 1. The van der Waals surface area contributed by atoms with Gasteiger partial charge < -0.3 is 9.67 Å². The fourth-order valence-electron chi connectivity index (χ4n) is 6.56. The molecule has 0 amide bonds. The first-order chi connectivity index (χ1) is 17.4. The molecule has 3 aromatic carbocycles. The van der Waals surface area contributed by atoms with Gasteiger partial charge in [0.2, 0.25) is 5.78 Å². The number of aliphatic hydroxyl groups is 1. The fourth-order valence-corrected chi connectivity index (χ4v) is 6.56. The van der Waals surface area contributed by atoms with Crippen LogP contribution in [-0.2, 0) is 17.3 Å². The fraction of sp³-hybridized carbons (Fsp3) is 0.242. The summed E-state index contributed by atoms with van der Waals surface area (Å²) in [6, 6.07) is 20.9. The molecule has 1 N–H and O–H groups in total. The van der Waals surface area contributed by atoms with E-state index in [1.54, 1.807) is 0 Å². The van der Waals surface area contributed by atoms with Crippen LogP contribution in [0.3, 0.4) is 0 Å². The number of nitrogens with zero attached hydrogens (tertiary/aromatic N) is 1. The van der Waals surface area contributed by atoms with Crippen molar-refractivity contribution in [2.24, 2.45) is 7.05 Å². The summed E-state index contributed by atoms with van der Waals surface area (Å²) in [4.78, 5) is 13.4. The number of carbonyl (C=O) groups is 1. The molecule has 0 aliphatic heterocycles. The summed E-state index contributed by atoms with van der Waals surface area (Å²) in [7, 11) is 1.96. The second kappa shape index (κ2) is 8.37. The highest BCUT2D eigenvalue weighted by atomic mass is 16.3. The molecule has 36 heavy (non-hydrogen) atoms. The van der Waals surface area contributed by atoms with Gasteiger partial charge in [0.15, 0.2) is 0 Å². The van der Waals surface area contributed by atoms with Crippen LogP contribution in [-0.4, -0.2) is 15.5 Å². The van der Waals surface area contributed by atoms with Gasteiger partial charge in [0.1, 0.15) is 5.76 Å². The van der Waals surface area contributed by atoms with E-state index in [1.807, 2.05) is 48.2 Å². The number of para-hydroxylation sites is 1. The molecule has 3 heteroatoms. The summed E-state index contributed by atoms with van der Waals surface area (Å²) in [5.41, 5.74) is 5.87. The number of carbonyl (C=O) groups excluding carboxylic acids is 1. The van der Waals surface area contributed by atoms with E-state index in [-0.39, 0.29) is 17.0 Å². The number of hydrogen-bond acceptors (Lipinski definition) is 2.